The SMILES string of the molecule is O=C(O)C1NNN(C(=O)O)NC1c1ccc([N+](=O)[O-])cc1.Oc1ccccc1. The lowest BCUT2D eigenvalue weighted by Gasteiger charge is -2.37. The Bertz CT molecular complexity index is 831. The van der Waals surface area contributed by atoms with Crippen molar-refractivity contribution in [3.8, 4) is 5.75 Å². The summed E-state index contributed by atoms with van der Waals surface area (Å²) in [4.78, 5) is 32.1. The van der Waals surface area contributed by atoms with Crippen LogP contribution >= 0.6 is 0 Å². The van der Waals surface area contributed by atoms with Crippen LogP contribution in [0.5, 0.6) is 5.75 Å². The third-order valence-electron chi connectivity index (χ3n) is 3.61. The molecule has 1 fully saturated rings. The van der Waals surface area contributed by atoms with E-state index in [1.165, 1.54) is 24.3 Å². The van der Waals surface area contributed by atoms with Crippen LogP contribution in [-0.4, -0.2) is 43.5 Å². The molecule has 1 heterocycles. The summed E-state index contributed by atoms with van der Waals surface area (Å²) in [5.41, 5.74) is 7.19. The van der Waals surface area contributed by atoms with E-state index in [4.69, 9.17) is 15.3 Å². The molecular formula is C16H17N5O7. The molecule has 148 valence electrons. The Kier molecular flexibility index (Phi) is 6.81. The molecule has 1 amide bonds. The van der Waals surface area contributed by atoms with Gasteiger partial charge in [0.1, 0.15) is 11.8 Å². The van der Waals surface area contributed by atoms with Gasteiger partial charge in [-0.05, 0) is 17.7 Å². The Morgan fingerprint density at radius 3 is 2.07 bits per heavy atom. The minimum atomic E-state index is -1.38. The van der Waals surface area contributed by atoms with E-state index in [1.54, 1.807) is 24.3 Å². The first-order valence-corrected chi connectivity index (χ1v) is 7.81. The third-order valence-corrected chi connectivity index (χ3v) is 3.61. The first-order chi connectivity index (χ1) is 13.3. The molecule has 2 unspecified atom stereocenters. The van der Waals surface area contributed by atoms with Gasteiger partial charge in [-0.15, -0.1) is 5.53 Å². The smallest absolute Gasteiger partial charge is 0.438 e. The molecule has 0 aromatic heterocycles. The maximum atomic E-state index is 11.2. The number of carboxylic acids is 1. The van der Waals surface area contributed by atoms with Crippen molar-refractivity contribution in [2.75, 3.05) is 0 Å². The normalized spacial score (nSPS) is 18.5. The van der Waals surface area contributed by atoms with Gasteiger partial charge >= 0.3 is 12.1 Å². The molecule has 0 radical (unpaired) electrons. The summed E-state index contributed by atoms with van der Waals surface area (Å²) in [5.74, 6) is -0.897. The number of carbonyl (C=O) groups is 2. The monoisotopic (exact) mass is 391 g/mol. The highest BCUT2D eigenvalue weighted by atomic mass is 16.6. The van der Waals surface area contributed by atoms with Crippen LogP contribution < -0.4 is 16.4 Å². The molecule has 2 aromatic rings. The number of aliphatic carboxylic acids is 1. The summed E-state index contributed by atoms with van der Waals surface area (Å²) in [7, 11) is 0. The Hall–Kier alpha value is -3.74. The number of rotatable bonds is 3. The number of para-hydroxylation sites is 1. The highest BCUT2D eigenvalue weighted by molar-refractivity contribution is 5.75. The summed E-state index contributed by atoms with van der Waals surface area (Å²) in [6.45, 7) is 0. The molecule has 12 nitrogen and oxygen atoms in total. The average molecular weight is 391 g/mol. The molecule has 12 heteroatoms. The standard InChI is InChI=1S/C10H11N5O6.C6H6O/c16-9(17)8-7(12-14(10(18)19)13-11-8)5-1-3-6(4-2-5)15(20)21;7-6-4-2-1-3-5-6/h1-4,7-8,11-13H,(H,16,17)(H,18,19);1-5,7H. The maximum absolute atomic E-state index is 11.2. The second kappa shape index (κ2) is 9.27. The van der Waals surface area contributed by atoms with Crippen molar-refractivity contribution in [1.29, 1.82) is 0 Å². The van der Waals surface area contributed by atoms with Crippen LogP contribution in [-0.2, 0) is 4.79 Å². The van der Waals surface area contributed by atoms with Crippen LogP contribution in [0.15, 0.2) is 54.6 Å². The molecule has 0 aliphatic carbocycles. The van der Waals surface area contributed by atoms with Gasteiger partial charge in [0.05, 0.1) is 11.0 Å². The molecule has 2 aromatic carbocycles. The van der Waals surface area contributed by atoms with E-state index in [0.717, 1.165) is 0 Å². The zero-order chi connectivity index (χ0) is 20.7. The molecule has 3 rings (SSSR count). The molecule has 6 N–H and O–H groups in total. The highest BCUT2D eigenvalue weighted by Gasteiger charge is 2.36. The number of non-ortho nitro benzene ring substituents is 1. The molecule has 2 atom stereocenters. The molecule has 1 aliphatic rings. The Morgan fingerprint density at radius 1 is 1.04 bits per heavy atom. The minimum Gasteiger partial charge on any atom is -0.508 e. The van der Waals surface area contributed by atoms with Gasteiger partial charge in [-0.2, -0.15) is 5.12 Å². The number of phenols is 1. The second-order valence-electron chi connectivity index (χ2n) is 5.48. The van der Waals surface area contributed by atoms with Crippen molar-refractivity contribution >= 4 is 17.7 Å². The van der Waals surface area contributed by atoms with Crippen molar-refractivity contribution in [3.63, 3.8) is 0 Å². The van der Waals surface area contributed by atoms with E-state index in [0.29, 0.717) is 16.4 Å². The fourth-order valence-corrected chi connectivity index (χ4v) is 2.27. The highest BCUT2D eigenvalue weighted by Crippen LogP contribution is 2.22. The number of hydrogen-bond donors (Lipinski definition) is 6. The number of hydrogen-bond acceptors (Lipinski definition) is 8. The molecule has 1 aliphatic heterocycles. The number of benzene rings is 2. The van der Waals surface area contributed by atoms with Crippen LogP contribution in [0.4, 0.5) is 10.5 Å². The summed E-state index contributed by atoms with van der Waals surface area (Å²) < 4.78 is 0. The van der Waals surface area contributed by atoms with E-state index >= 15 is 0 Å². The fraction of sp³-hybridized carbons (Fsp3) is 0.125. The van der Waals surface area contributed by atoms with Crippen LogP contribution in [0.25, 0.3) is 0 Å². The Morgan fingerprint density at radius 2 is 1.64 bits per heavy atom. The quantitative estimate of drug-likeness (QED) is 0.326. The van der Waals surface area contributed by atoms with Crippen molar-refractivity contribution in [2.45, 2.75) is 12.1 Å². The van der Waals surface area contributed by atoms with Gasteiger partial charge in [-0.3, -0.25) is 14.9 Å². The number of carboxylic acid groups (broad SMARTS) is 2. The van der Waals surface area contributed by atoms with Gasteiger partial charge in [-0.1, -0.05) is 30.3 Å². The summed E-state index contributed by atoms with van der Waals surface area (Å²) in [6, 6.07) is 11.8. The molecule has 0 saturated carbocycles. The molecule has 0 bridgehead atoms. The topological polar surface area (TPSA) is 177 Å². The van der Waals surface area contributed by atoms with Crippen molar-refractivity contribution in [3.05, 3.63) is 70.3 Å². The summed E-state index contributed by atoms with van der Waals surface area (Å²) in [5, 5.41) is 37.8. The molecule has 0 spiro atoms. The average Bonchev–Trinajstić information content (AvgIpc) is 2.68. The van der Waals surface area contributed by atoms with Gasteiger partial charge in [0.25, 0.3) is 5.69 Å². The number of phenolic OH excluding ortho intramolecular Hbond substituents is 1. The lowest BCUT2D eigenvalue weighted by atomic mass is 10.00. The number of nitro benzene ring substituents is 1. The number of aromatic hydroxyl groups is 1. The lowest BCUT2D eigenvalue weighted by molar-refractivity contribution is -0.384. The zero-order valence-corrected chi connectivity index (χ0v) is 14.2. The zero-order valence-electron chi connectivity index (χ0n) is 14.2. The second-order valence-corrected chi connectivity index (χ2v) is 5.48. The first-order valence-electron chi connectivity index (χ1n) is 7.81. The predicted octanol–water partition coefficient (Wildman–Crippen LogP) is 0.989. The van der Waals surface area contributed by atoms with Gasteiger partial charge in [0.15, 0.2) is 0 Å². The summed E-state index contributed by atoms with van der Waals surface area (Å²) in [6.07, 6.45) is -1.38. The van der Waals surface area contributed by atoms with Gasteiger partial charge in [0, 0.05) is 12.1 Å². The fourth-order valence-electron chi connectivity index (χ4n) is 2.27. The molecule has 1 saturated heterocycles. The van der Waals surface area contributed by atoms with Crippen molar-refractivity contribution in [2.24, 2.45) is 0 Å². The predicted molar refractivity (Wildman–Crippen MR) is 94.6 cm³/mol. The van der Waals surface area contributed by atoms with Crippen LogP contribution in [0.3, 0.4) is 0 Å². The first kappa shape index (κ1) is 20.6. The van der Waals surface area contributed by atoms with E-state index in [-0.39, 0.29) is 5.69 Å². The van der Waals surface area contributed by atoms with E-state index in [1.807, 2.05) is 6.07 Å². The Labute approximate surface area is 158 Å². The molecular weight excluding hydrogens is 374 g/mol. The van der Waals surface area contributed by atoms with Crippen LogP contribution in [0, 0.1) is 10.1 Å². The largest absolute Gasteiger partial charge is 0.508 e. The number of nitro groups is 1. The van der Waals surface area contributed by atoms with Crippen LogP contribution in [0.2, 0.25) is 0 Å². The number of nitrogens with zero attached hydrogens (tertiary/aromatic N) is 2. The summed E-state index contributed by atoms with van der Waals surface area (Å²) >= 11 is 0. The van der Waals surface area contributed by atoms with Gasteiger partial charge in [-0.25, -0.2) is 15.6 Å². The number of hydrazine groups is 3. The van der Waals surface area contributed by atoms with E-state index in [9.17, 15) is 19.7 Å². The van der Waals surface area contributed by atoms with Crippen LogP contribution in [0.1, 0.15) is 11.6 Å². The maximum Gasteiger partial charge on any atom is 0.438 e. The number of nitrogens with one attached hydrogen (secondary N) is 3. The lowest BCUT2D eigenvalue weighted by Crippen LogP contribution is -2.69. The van der Waals surface area contributed by atoms with Gasteiger partial charge < -0.3 is 15.3 Å². The van der Waals surface area contributed by atoms with Crippen molar-refractivity contribution in [1.82, 2.24) is 21.5 Å². The van der Waals surface area contributed by atoms with E-state index < -0.39 is 29.1 Å². The Balaban J connectivity index is 0.000000336. The minimum absolute atomic E-state index is 0.150. The van der Waals surface area contributed by atoms with Crippen molar-refractivity contribution < 1.29 is 29.8 Å². The molecule has 28 heavy (non-hydrogen) atoms. The third kappa shape index (κ3) is 5.38. The van der Waals surface area contributed by atoms with Gasteiger partial charge in [0.2, 0.25) is 0 Å². The number of amides is 1. The van der Waals surface area contributed by atoms with E-state index in [2.05, 4.69) is 16.4 Å².